The lowest BCUT2D eigenvalue weighted by molar-refractivity contribution is 0.0855. The van der Waals surface area contributed by atoms with E-state index in [1.807, 2.05) is 18.2 Å². The van der Waals surface area contributed by atoms with Crippen LogP contribution in [0.3, 0.4) is 0 Å². The van der Waals surface area contributed by atoms with Gasteiger partial charge >= 0.3 is 0 Å². The topological polar surface area (TPSA) is 38.5 Å². The molecule has 1 fully saturated rings. The minimum absolute atomic E-state index is 0.584. The average Bonchev–Trinajstić information content (AvgIpc) is 2.29. The van der Waals surface area contributed by atoms with E-state index < -0.39 is 0 Å². The molecule has 15 heavy (non-hydrogen) atoms. The number of ether oxygens (including phenoxy) is 1. The van der Waals surface area contributed by atoms with E-state index >= 15 is 0 Å². The maximum atomic E-state index is 5.77. The third-order valence-electron chi connectivity index (χ3n) is 3.02. The monoisotopic (exact) mass is 206 g/mol. The van der Waals surface area contributed by atoms with Crippen LogP contribution >= 0.6 is 0 Å². The van der Waals surface area contributed by atoms with E-state index in [1.54, 1.807) is 0 Å². The molecule has 0 radical (unpaired) electrons. The van der Waals surface area contributed by atoms with Crippen LogP contribution < -0.4 is 10.6 Å². The SMILES string of the molecule is CN(c1cccc(N)c1)C1CCOCC1. The Labute approximate surface area is 90.8 Å². The molecule has 0 amide bonds. The van der Waals surface area contributed by atoms with E-state index in [2.05, 4.69) is 18.0 Å². The molecule has 0 aromatic heterocycles. The Hall–Kier alpha value is -1.22. The van der Waals surface area contributed by atoms with Crippen molar-refractivity contribution < 1.29 is 4.74 Å². The number of benzene rings is 1. The van der Waals surface area contributed by atoms with Crippen LogP contribution in [0.4, 0.5) is 11.4 Å². The minimum atomic E-state index is 0.584. The van der Waals surface area contributed by atoms with Gasteiger partial charge in [0.25, 0.3) is 0 Å². The standard InChI is InChI=1S/C12H18N2O/c1-14(11-5-7-15-8-6-11)12-4-2-3-10(13)9-12/h2-4,9,11H,5-8,13H2,1H3. The van der Waals surface area contributed by atoms with Crippen LogP contribution in [-0.4, -0.2) is 26.3 Å². The molecule has 2 rings (SSSR count). The van der Waals surface area contributed by atoms with E-state index in [-0.39, 0.29) is 0 Å². The number of hydrogen-bond acceptors (Lipinski definition) is 3. The van der Waals surface area contributed by atoms with Gasteiger partial charge in [-0.15, -0.1) is 0 Å². The highest BCUT2D eigenvalue weighted by atomic mass is 16.5. The zero-order valence-corrected chi connectivity index (χ0v) is 9.15. The third kappa shape index (κ3) is 2.42. The molecule has 1 saturated heterocycles. The Bertz CT molecular complexity index is 321. The second kappa shape index (κ2) is 4.53. The summed E-state index contributed by atoms with van der Waals surface area (Å²) in [6.45, 7) is 1.74. The first-order valence-corrected chi connectivity index (χ1v) is 5.43. The molecule has 3 heteroatoms. The summed E-state index contributed by atoms with van der Waals surface area (Å²) in [7, 11) is 2.13. The van der Waals surface area contributed by atoms with Gasteiger partial charge in [-0.1, -0.05) is 6.07 Å². The van der Waals surface area contributed by atoms with E-state index in [0.717, 1.165) is 31.7 Å². The summed E-state index contributed by atoms with van der Waals surface area (Å²) in [5.74, 6) is 0. The van der Waals surface area contributed by atoms with Gasteiger partial charge in [0, 0.05) is 37.7 Å². The van der Waals surface area contributed by atoms with Gasteiger partial charge in [0.2, 0.25) is 0 Å². The molecule has 0 bridgehead atoms. The molecule has 0 unspecified atom stereocenters. The molecule has 0 saturated carbocycles. The van der Waals surface area contributed by atoms with E-state index in [4.69, 9.17) is 10.5 Å². The molecule has 1 aromatic rings. The molecular weight excluding hydrogens is 188 g/mol. The second-order valence-corrected chi connectivity index (χ2v) is 4.05. The number of rotatable bonds is 2. The molecule has 1 aromatic carbocycles. The van der Waals surface area contributed by atoms with Gasteiger partial charge in [0.05, 0.1) is 0 Å². The predicted molar refractivity (Wildman–Crippen MR) is 63.1 cm³/mol. The molecule has 3 nitrogen and oxygen atoms in total. The van der Waals surface area contributed by atoms with Crippen molar-refractivity contribution in [2.45, 2.75) is 18.9 Å². The van der Waals surface area contributed by atoms with Gasteiger partial charge in [0.15, 0.2) is 0 Å². The van der Waals surface area contributed by atoms with Crippen LogP contribution in [0.15, 0.2) is 24.3 Å². The minimum Gasteiger partial charge on any atom is -0.399 e. The summed E-state index contributed by atoms with van der Waals surface area (Å²) in [5.41, 5.74) is 7.80. The maximum absolute atomic E-state index is 5.77. The van der Waals surface area contributed by atoms with E-state index in [9.17, 15) is 0 Å². The lowest BCUT2D eigenvalue weighted by Crippen LogP contribution is -2.36. The third-order valence-corrected chi connectivity index (χ3v) is 3.02. The second-order valence-electron chi connectivity index (χ2n) is 4.05. The van der Waals surface area contributed by atoms with Crippen molar-refractivity contribution in [3.05, 3.63) is 24.3 Å². The highest BCUT2D eigenvalue weighted by Crippen LogP contribution is 2.22. The molecule has 0 aliphatic carbocycles. The fraction of sp³-hybridized carbons (Fsp3) is 0.500. The summed E-state index contributed by atoms with van der Waals surface area (Å²) < 4.78 is 5.36. The molecule has 1 aliphatic heterocycles. The summed E-state index contributed by atoms with van der Waals surface area (Å²) in [4.78, 5) is 2.30. The number of nitrogen functional groups attached to an aromatic ring is 1. The fourth-order valence-corrected chi connectivity index (χ4v) is 2.03. The first kappa shape index (κ1) is 10.3. The normalized spacial score (nSPS) is 17.7. The van der Waals surface area contributed by atoms with E-state index in [1.165, 1.54) is 5.69 Å². The van der Waals surface area contributed by atoms with Crippen molar-refractivity contribution in [1.82, 2.24) is 0 Å². The van der Waals surface area contributed by atoms with Gasteiger partial charge in [-0.2, -0.15) is 0 Å². The highest BCUT2D eigenvalue weighted by molar-refractivity contribution is 5.56. The predicted octanol–water partition coefficient (Wildman–Crippen LogP) is 1.88. The smallest absolute Gasteiger partial charge is 0.0485 e. The average molecular weight is 206 g/mol. The molecule has 0 spiro atoms. The van der Waals surface area contributed by atoms with Gasteiger partial charge in [0.1, 0.15) is 0 Å². The Balaban J connectivity index is 2.08. The van der Waals surface area contributed by atoms with Crippen molar-refractivity contribution in [3.63, 3.8) is 0 Å². The zero-order chi connectivity index (χ0) is 10.7. The number of nitrogens with two attached hydrogens (primary N) is 1. The summed E-state index contributed by atoms with van der Waals surface area (Å²) in [5, 5.41) is 0. The Morgan fingerprint density at radius 3 is 2.73 bits per heavy atom. The van der Waals surface area contributed by atoms with Gasteiger partial charge in [-0.25, -0.2) is 0 Å². The van der Waals surface area contributed by atoms with Crippen molar-refractivity contribution in [2.75, 3.05) is 30.9 Å². The van der Waals surface area contributed by atoms with Gasteiger partial charge < -0.3 is 15.4 Å². The molecular formula is C12H18N2O. The van der Waals surface area contributed by atoms with Gasteiger partial charge in [-0.05, 0) is 31.0 Å². The van der Waals surface area contributed by atoms with Crippen molar-refractivity contribution in [1.29, 1.82) is 0 Å². The lowest BCUT2D eigenvalue weighted by Gasteiger charge is -2.33. The lowest BCUT2D eigenvalue weighted by atomic mass is 10.1. The van der Waals surface area contributed by atoms with Crippen LogP contribution in [0.5, 0.6) is 0 Å². The Morgan fingerprint density at radius 2 is 2.07 bits per heavy atom. The zero-order valence-electron chi connectivity index (χ0n) is 9.15. The van der Waals surface area contributed by atoms with E-state index in [0.29, 0.717) is 6.04 Å². The highest BCUT2D eigenvalue weighted by Gasteiger charge is 2.18. The molecule has 82 valence electrons. The molecule has 1 aliphatic rings. The number of hydrogen-bond donors (Lipinski definition) is 1. The Kier molecular flexibility index (Phi) is 3.11. The molecule has 1 heterocycles. The van der Waals surface area contributed by atoms with Crippen LogP contribution in [0.2, 0.25) is 0 Å². The van der Waals surface area contributed by atoms with Crippen LogP contribution in [-0.2, 0) is 4.74 Å². The quantitative estimate of drug-likeness (QED) is 0.751. The number of anilines is 2. The van der Waals surface area contributed by atoms with Crippen LogP contribution in [0.1, 0.15) is 12.8 Å². The van der Waals surface area contributed by atoms with Crippen LogP contribution in [0, 0.1) is 0 Å². The largest absolute Gasteiger partial charge is 0.399 e. The fourth-order valence-electron chi connectivity index (χ4n) is 2.03. The molecule has 2 N–H and O–H groups in total. The molecule has 0 atom stereocenters. The first-order valence-electron chi connectivity index (χ1n) is 5.43. The van der Waals surface area contributed by atoms with Crippen molar-refractivity contribution in [2.24, 2.45) is 0 Å². The maximum Gasteiger partial charge on any atom is 0.0485 e. The number of nitrogens with zero attached hydrogens (tertiary/aromatic N) is 1. The summed E-state index contributed by atoms with van der Waals surface area (Å²) in [6, 6.07) is 8.63. The first-order chi connectivity index (χ1) is 7.27. The Morgan fingerprint density at radius 1 is 1.33 bits per heavy atom. The van der Waals surface area contributed by atoms with Crippen molar-refractivity contribution in [3.8, 4) is 0 Å². The summed E-state index contributed by atoms with van der Waals surface area (Å²) >= 11 is 0. The van der Waals surface area contributed by atoms with Crippen molar-refractivity contribution >= 4 is 11.4 Å². The van der Waals surface area contributed by atoms with Crippen LogP contribution in [0.25, 0.3) is 0 Å². The summed E-state index contributed by atoms with van der Waals surface area (Å²) in [6.07, 6.45) is 2.20. The van der Waals surface area contributed by atoms with Gasteiger partial charge in [-0.3, -0.25) is 0 Å².